The molecule has 58 heavy (non-hydrogen) atoms. The highest BCUT2D eigenvalue weighted by Crippen LogP contribution is 2.48. The second kappa shape index (κ2) is 13.4. The average Bonchev–Trinajstić information content (AvgIpc) is 3.87. The van der Waals surface area contributed by atoms with Crippen LogP contribution in [0.25, 0.3) is 58.3 Å². The molecule has 11 rings (SSSR count). The number of thiophene rings is 1. The second-order valence-corrected chi connectivity index (χ2v) is 17.3. The molecule has 2 unspecified atom stereocenters. The zero-order chi connectivity index (χ0) is 39.2. The summed E-state index contributed by atoms with van der Waals surface area (Å²) in [4.78, 5) is 2.21. The number of allylic oxidation sites excluding steroid dienone is 4. The van der Waals surface area contributed by atoms with Crippen LogP contribution in [0.4, 0.5) is 25.8 Å². The van der Waals surface area contributed by atoms with Crippen molar-refractivity contribution in [3.63, 3.8) is 0 Å². The number of hydrogen-bond acceptors (Lipinski definition) is 2. The van der Waals surface area contributed by atoms with Gasteiger partial charge in [-0.1, -0.05) is 109 Å². The average molecular weight is 775 g/mol. The van der Waals surface area contributed by atoms with E-state index < -0.39 is 0 Å². The number of nitrogens with zero attached hydrogens (tertiary/aromatic N) is 2. The maximum Gasteiger partial charge on any atom is 0.123 e. The molecule has 10 aromatic rings. The lowest BCUT2D eigenvalue weighted by molar-refractivity contribution is 0.498. The van der Waals surface area contributed by atoms with Crippen LogP contribution in [-0.2, 0) is 6.42 Å². The topological polar surface area (TPSA) is 7.65 Å². The Hall–Kier alpha value is -6.30. The second-order valence-electron chi connectivity index (χ2n) is 16.2. The Morgan fingerprint density at radius 3 is 2.14 bits per heavy atom. The fourth-order valence-corrected chi connectivity index (χ4v) is 11.0. The highest BCUT2D eigenvalue weighted by Gasteiger charge is 2.26. The van der Waals surface area contributed by atoms with Crippen LogP contribution >= 0.6 is 11.3 Å². The third kappa shape index (κ3) is 5.55. The van der Waals surface area contributed by atoms with Crippen LogP contribution in [0, 0.1) is 25.6 Å². The maximum atomic E-state index is 14.4. The van der Waals surface area contributed by atoms with Crippen molar-refractivity contribution in [2.75, 3.05) is 4.90 Å². The van der Waals surface area contributed by atoms with Crippen LogP contribution < -0.4 is 4.90 Å². The number of fused-ring (bicyclic) bond motifs is 10. The van der Waals surface area contributed by atoms with E-state index in [0.717, 1.165) is 29.0 Å². The number of hydrogen-bond donors (Lipinski definition) is 0. The predicted molar refractivity (Wildman–Crippen MR) is 242 cm³/mol. The van der Waals surface area contributed by atoms with E-state index >= 15 is 0 Å². The van der Waals surface area contributed by atoms with Gasteiger partial charge in [0.25, 0.3) is 0 Å². The number of para-hydroxylation sites is 1. The Labute approximate surface area is 339 Å². The molecule has 0 amide bonds. The molecular formula is C53H40F2N2S. The predicted octanol–water partition coefficient (Wildman–Crippen LogP) is 15.6. The first kappa shape index (κ1) is 34.9. The van der Waals surface area contributed by atoms with Crippen LogP contribution in [0.5, 0.6) is 0 Å². The van der Waals surface area contributed by atoms with Crippen LogP contribution in [0.15, 0.2) is 163 Å². The summed E-state index contributed by atoms with van der Waals surface area (Å²) in [5.74, 6) is 0.00730. The number of rotatable bonds is 7. The lowest BCUT2D eigenvalue weighted by Crippen LogP contribution is -2.15. The summed E-state index contributed by atoms with van der Waals surface area (Å²) in [7, 11) is 0. The quantitative estimate of drug-likeness (QED) is 0.156. The minimum Gasteiger partial charge on any atom is -0.310 e. The summed E-state index contributed by atoms with van der Waals surface area (Å²) in [6.07, 6.45) is 4.99. The van der Waals surface area contributed by atoms with Gasteiger partial charge < -0.3 is 9.30 Å². The lowest BCUT2D eigenvalue weighted by atomic mass is 9.77. The fourth-order valence-electron chi connectivity index (χ4n) is 9.73. The SMILES string of the molecule is Cc1cccc(C(Cc2ccc3c(ccc4c5cccc6c7sc8cc(N(c9ccc(F)cc9)c9cccc(C)c9)ccc8c7n(c34)c56)c2)C2=CC=C(F)CC2C)c1. The zero-order valence-electron chi connectivity index (χ0n) is 32.6. The molecule has 0 fully saturated rings. The van der Waals surface area contributed by atoms with Gasteiger partial charge in [0.2, 0.25) is 0 Å². The van der Waals surface area contributed by atoms with E-state index in [0.29, 0.717) is 6.42 Å². The molecule has 0 saturated carbocycles. The molecule has 5 heteroatoms. The van der Waals surface area contributed by atoms with E-state index in [2.05, 4.69) is 145 Å². The summed E-state index contributed by atoms with van der Waals surface area (Å²) in [5.41, 5.74) is 13.0. The van der Waals surface area contributed by atoms with Gasteiger partial charge in [0, 0.05) is 61.0 Å². The van der Waals surface area contributed by atoms with Crippen molar-refractivity contribution in [2.45, 2.75) is 39.5 Å². The number of anilines is 3. The summed E-state index contributed by atoms with van der Waals surface area (Å²) >= 11 is 1.84. The molecule has 0 aliphatic heterocycles. The maximum absolute atomic E-state index is 14.4. The van der Waals surface area contributed by atoms with Gasteiger partial charge in [-0.2, -0.15) is 0 Å². The van der Waals surface area contributed by atoms with E-state index in [-0.39, 0.29) is 23.5 Å². The van der Waals surface area contributed by atoms with Gasteiger partial charge in [-0.05, 0) is 109 Å². The first-order valence-electron chi connectivity index (χ1n) is 20.1. The van der Waals surface area contributed by atoms with Gasteiger partial charge in [-0.3, -0.25) is 0 Å². The number of aromatic nitrogens is 1. The molecule has 7 aromatic carbocycles. The Balaban J connectivity index is 1.08. The van der Waals surface area contributed by atoms with E-state index in [9.17, 15) is 8.78 Å². The van der Waals surface area contributed by atoms with Crippen molar-refractivity contribution in [1.29, 1.82) is 0 Å². The smallest absolute Gasteiger partial charge is 0.123 e. The number of halogens is 2. The van der Waals surface area contributed by atoms with Crippen LogP contribution in [0.2, 0.25) is 0 Å². The molecule has 1 aliphatic rings. The Morgan fingerprint density at radius 1 is 0.638 bits per heavy atom. The lowest BCUT2D eigenvalue weighted by Gasteiger charge is -2.28. The molecular weight excluding hydrogens is 735 g/mol. The first-order valence-corrected chi connectivity index (χ1v) is 20.9. The highest BCUT2D eigenvalue weighted by molar-refractivity contribution is 7.26. The van der Waals surface area contributed by atoms with E-state index in [1.165, 1.54) is 92.7 Å². The van der Waals surface area contributed by atoms with Crippen molar-refractivity contribution >= 4 is 86.7 Å². The van der Waals surface area contributed by atoms with Crippen LogP contribution in [0.1, 0.15) is 41.5 Å². The van der Waals surface area contributed by atoms with Gasteiger partial charge in [-0.25, -0.2) is 8.78 Å². The molecule has 3 aromatic heterocycles. The van der Waals surface area contributed by atoms with E-state index in [1.807, 2.05) is 29.5 Å². The van der Waals surface area contributed by atoms with Gasteiger partial charge in [0.1, 0.15) is 11.6 Å². The van der Waals surface area contributed by atoms with Crippen LogP contribution in [-0.4, -0.2) is 4.40 Å². The molecule has 2 atom stereocenters. The molecule has 0 spiro atoms. The molecule has 0 saturated heterocycles. The minimum atomic E-state index is -0.251. The van der Waals surface area contributed by atoms with Gasteiger partial charge in [-0.15, -0.1) is 11.3 Å². The largest absolute Gasteiger partial charge is 0.310 e. The summed E-state index contributed by atoms with van der Waals surface area (Å²) in [5, 5.41) is 7.47. The van der Waals surface area contributed by atoms with Crippen LogP contribution in [0.3, 0.4) is 0 Å². The Kier molecular flexibility index (Phi) is 8.06. The van der Waals surface area contributed by atoms with Crippen molar-refractivity contribution in [1.82, 2.24) is 4.40 Å². The third-order valence-corrected chi connectivity index (χ3v) is 13.5. The molecule has 282 valence electrons. The molecule has 0 bridgehead atoms. The zero-order valence-corrected chi connectivity index (χ0v) is 33.4. The van der Waals surface area contributed by atoms with Crippen molar-refractivity contribution in [2.24, 2.45) is 5.92 Å². The summed E-state index contributed by atoms with van der Waals surface area (Å²) in [6, 6.07) is 49.1. The van der Waals surface area contributed by atoms with Gasteiger partial charge >= 0.3 is 0 Å². The molecule has 1 aliphatic carbocycles. The normalized spacial score (nSPS) is 15.3. The highest BCUT2D eigenvalue weighted by atomic mass is 32.1. The standard InChI is InChI=1S/C53H40F2N2S/c1-31-7-4-9-35(25-31)48(42-23-17-38(55)27-33(42)3)29-34-13-21-43-36(28-34)14-22-45-44-11-6-12-47-51(44)57(50(43)45)52-46-24-20-41(30-49(46)58-53(47)52)56(39-18-15-37(54)16-19-39)40-10-5-8-32(2)26-40/h4-26,28,30,33,48H,27,29H2,1-3H3. The van der Waals surface area contributed by atoms with E-state index in [4.69, 9.17) is 0 Å². The Bertz CT molecular complexity index is 3310. The minimum absolute atomic E-state index is 0.0407. The van der Waals surface area contributed by atoms with Crippen molar-refractivity contribution in [3.05, 3.63) is 191 Å². The van der Waals surface area contributed by atoms with Gasteiger partial charge in [0.05, 0.1) is 21.3 Å². The monoisotopic (exact) mass is 774 g/mol. The third-order valence-electron chi connectivity index (χ3n) is 12.4. The van der Waals surface area contributed by atoms with Gasteiger partial charge in [0.15, 0.2) is 0 Å². The number of aryl methyl sites for hydroxylation is 2. The molecule has 0 N–H and O–H groups in total. The number of benzene rings is 7. The molecule has 3 heterocycles. The summed E-state index contributed by atoms with van der Waals surface area (Å²) < 4.78 is 33.5. The Morgan fingerprint density at radius 2 is 1.33 bits per heavy atom. The van der Waals surface area contributed by atoms with E-state index in [1.54, 1.807) is 6.08 Å². The fraction of sp³-hybridized carbons (Fsp3) is 0.132. The summed E-state index contributed by atoms with van der Waals surface area (Å²) in [6.45, 7) is 6.40. The van der Waals surface area contributed by atoms with Crippen molar-refractivity contribution < 1.29 is 8.78 Å². The molecule has 0 radical (unpaired) electrons. The first-order chi connectivity index (χ1) is 28.3. The molecule has 2 nitrogen and oxygen atoms in total. The van der Waals surface area contributed by atoms with Crippen molar-refractivity contribution in [3.8, 4) is 0 Å².